The summed E-state index contributed by atoms with van der Waals surface area (Å²) in [5.41, 5.74) is 4.09. The van der Waals surface area contributed by atoms with Crippen LogP contribution in [0.5, 0.6) is 0 Å². The Labute approximate surface area is 202 Å². The van der Waals surface area contributed by atoms with E-state index in [-0.39, 0.29) is 0 Å². The molecule has 0 aliphatic carbocycles. The fourth-order valence-corrected chi connectivity index (χ4v) is 4.84. The van der Waals surface area contributed by atoms with Gasteiger partial charge in [-0.3, -0.25) is 4.57 Å². The summed E-state index contributed by atoms with van der Waals surface area (Å²) in [7, 11) is 0. The van der Waals surface area contributed by atoms with Crippen molar-refractivity contribution in [2.24, 2.45) is 0 Å². The molecule has 0 atom stereocenters. The summed E-state index contributed by atoms with van der Waals surface area (Å²) in [6, 6.07) is 41.5. The summed E-state index contributed by atoms with van der Waals surface area (Å²) in [5, 5.41) is 4.72. The van der Waals surface area contributed by atoms with Gasteiger partial charge in [0.1, 0.15) is 0 Å². The van der Waals surface area contributed by atoms with Crippen molar-refractivity contribution in [3.8, 4) is 28.7 Å². The molecule has 0 bridgehead atoms. The van der Waals surface area contributed by atoms with Gasteiger partial charge in [-0.15, -0.1) is 0 Å². The summed E-state index contributed by atoms with van der Waals surface area (Å²) in [6.07, 6.45) is 0. The predicted molar refractivity (Wildman–Crippen MR) is 143 cm³/mol. The van der Waals surface area contributed by atoms with Crippen LogP contribution in [-0.4, -0.2) is 19.5 Å². The molecule has 0 radical (unpaired) electrons. The minimum atomic E-state index is 0.611. The van der Waals surface area contributed by atoms with Gasteiger partial charge in [-0.25, -0.2) is 4.98 Å². The molecule has 164 valence electrons. The second-order valence-corrected chi connectivity index (χ2v) is 8.55. The molecule has 0 N–H and O–H groups in total. The number of para-hydroxylation sites is 1. The van der Waals surface area contributed by atoms with Crippen LogP contribution in [0.4, 0.5) is 0 Å². The van der Waals surface area contributed by atoms with Crippen molar-refractivity contribution in [2.75, 3.05) is 0 Å². The molecule has 0 saturated carbocycles. The predicted octanol–water partition coefficient (Wildman–Crippen LogP) is 7.46. The van der Waals surface area contributed by atoms with E-state index in [1.54, 1.807) is 0 Å². The van der Waals surface area contributed by atoms with Crippen LogP contribution in [0.1, 0.15) is 0 Å². The van der Waals surface area contributed by atoms with E-state index in [9.17, 15) is 0 Å². The van der Waals surface area contributed by atoms with E-state index in [4.69, 9.17) is 15.0 Å². The molecule has 35 heavy (non-hydrogen) atoms. The molecule has 0 fully saturated rings. The number of aromatic nitrogens is 4. The molecule has 0 saturated heterocycles. The maximum Gasteiger partial charge on any atom is 0.238 e. The molecule has 2 heterocycles. The van der Waals surface area contributed by atoms with Gasteiger partial charge in [-0.2, -0.15) is 9.97 Å². The normalized spacial score (nSPS) is 11.4. The Morgan fingerprint density at radius 2 is 1.00 bits per heavy atom. The van der Waals surface area contributed by atoms with Crippen LogP contribution in [-0.2, 0) is 0 Å². The lowest BCUT2D eigenvalue weighted by Crippen LogP contribution is -2.06. The van der Waals surface area contributed by atoms with Gasteiger partial charge in [0, 0.05) is 27.3 Å². The van der Waals surface area contributed by atoms with Gasteiger partial charge < -0.3 is 0 Å². The van der Waals surface area contributed by atoms with Crippen molar-refractivity contribution in [2.45, 2.75) is 0 Å². The summed E-state index contributed by atoms with van der Waals surface area (Å²) in [6.45, 7) is 0. The molecule has 0 unspecified atom stereocenters. The zero-order valence-corrected chi connectivity index (χ0v) is 18.8. The summed E-state index contributed by atoms with van der Waals surface area (Å²) < 4.78 is 2.19. The average Bonchev–Trinajstić information content (AvgIpc) is 3.29. The van der Waals surface area contributed by atoms with E-state index in [0.29, 0.717) is 17.6 Å². The fourth-order valence-electron chi connectivity index (χ4n) is 4.84. The first kappa shape index (κ1) is 19.6. The van der Waals surface area contributed by atoms with Crippen molar-refractivity contribution in [1.82, 2.24) is 19.5 Å². The Morgan fingerprint density at radius 1 is 0.429 bits per heavy atom. The summed E-state index contributed by atoms with van der Waals surface area (Å²) >= 11 is 0. The maximum atomic E-state index is 5.02. The van der Waals surface area contributed by atoms with Gasteiger partial charge in [0.15, 0.2) is 11.6 Å². The van der Waals surface area contributed by atoms with E-state index in [2.05, 4.69) is 65.2 Å². The molecule has 2 aromatic heterocycles. The van der Waals surface area contributed by atoms with Gasteiger partial charge >= 0.3 is 0 Å². The number of rotatable bonds is 3. The third-order valence-electron chi connectivity index (χ3n) is 6.45. The highest BCUT2D eigenvalue weighted by atomic mass is 15.2. The molecule has 0 aliphatic heterocycles. The van der Waals surface area contributed by atoms with Gasteiger partial charge in [0.2, 0.25) is 5.95 Å². The first-order valence-electron chi connectivity index (χ1n) is 11.6. The van der Waals surface area contributed by atoms with Gasteiger partial charge in [0.25, 0.3) is 0 Å². The molecule has 0 aliphatic rings. The molecule has 4 nitrogen and oxygen atoms in total. The lowest BCUT2D eigenvalue weighted by molar-refractivity contribution is 0.955. The van der Waals surface area contributed by atoms with Crippen LogP contribution in [0.15, 0.2) is 121 Å². The molecule has 7 aromatic rings. The zero-order chi connectivity index (χ0) is 23.2. The average molecular weight is 449 g/mol. The molecular weight excluding hydrogens is 428 g/mol. The van der Waals surface area contributed by atoms with Crippen LogP contribution < -0.4 is 0 Å². The number of hydrogen-bond acceptors (Lipinski definition) is 3. The lowest BCUT2D eigenvalue weighted by atomic mass is 10.1. The third kappa shape index (κ3) is 3.19. The van der Waals surface area contributed by atoms with Gasteiger partial charge in [-0.1, -0.05) is 115 Å². The fraction of sp³-hybridized carbons (Fsp3) is 0. The highest BCUT2D eigenvalue weighted by molar-refractivity contribution is 6.18. The zero-order valence-electron chi connectivity index (χ0n) is 18.8. The van der Waals surface area contributed by atoms with Crippen molar-refractivity contribution in [1.29, 1.82) is 0 Å². The standard InChI is InChI=1S/C31H20N4/c1-3-12-22(13-4-1)29-32-30(23-14-5-2-6-15-23)34-31(33-29)35-27-18-10-9-17-25(27)26-20-19-21-11-7-8-16-24(21)28(26)35/h1-20H. The van der Waals surface area contributed by atoms with E-state index >= 15 is 0 Å². The maximum absolute atomic E-state index is 5.02. The van der Waals surface area contributed by atoms with Crippen molar-refractivity contribution < 1.29 is 0 Å². The van der Waals surface area contributed by atoms with Gasteiger partial charge in [0.05, 0.1) is 11.0 Å². The Kier molecular flexibility index (Phi) is 4.42. The second kappa shape index (κ2) is 7.89. The number of nitrogens with zero attached hydrogens (tertiary/aromatic N) is 4. The highest BCUT2D eigenvalue weighted by Gasteiger charge is 2.19. The minimum absolute atomic E-state index is 0.611. The summed E-state index contributed by atoms with van der Waals surface area (Å²) in [4.78, 5) is 14.9. The Balaban J connectivity index is 1.62. The van der Waals surface area contributed by atoms with Gasteiger partial charge in [-0.05, 0) is 11.5 Å². The number of benzene rings is 5. The number of fused-ring (bicyclic) bond motifs is 5. The first-order chi connectivity index (χ1) is 17.4. The topological polar surface area (TPSA) is 43.6 Å². The monoisotopic (exact) mass is 448 g/mol. The molecule has 0 amide bonds. The number of hydrogen-bond donors (Lipinski definition) is 0. The smallest absolute Gasteiger partial charge is 0.238 e. The lowest BCUT2D eigenvalue weighted by Gasteiger charge is -2.11. The van der Waals surface area contributed by atoms with E-state index < -0.39 is 0 Å². The third-order valence-corrected chi connectivity index (χ3v) is 6.45. The van der Waals surface area contributed by atoms with Crippen molar-refractivity contribution in [3.63, 3.8) is 0 Å². The molecule has 7 rings (SSSR count). The molecule has 5 aromatic carbocycles. The van der Waals surface area contributed by atoms with E-state index in [1.807, 2.05) is 60.7 Å². The van der Waals surface area contributed by atoms with E-state index in [0.717, 1.165) is 22.2 Å². The van der Waals surface area contributed by atoms with Crippen LogP contribution in [0.2, 0.25) is 0 Å². The molecular formula is C31H20N4. The second-order valence-electron chi connectivity index (χ2n) is 8.55. The minimum Gasteiger partial charge on any atom is -0.277 e. The van der Waals surface area contributed by atoms with Crippen LogP contribution >= 0.6 is 0 Å². The van der Waals surface area contributed by atoms with Crippen LogP contribution in [0.3, 0.4) is 0 Å². The molecule has 0 spiro atoms. The first-order valence-corrected chi connectivity index (χ1v) is 11.6. The Morgan fingerprint density at radius 3 is 1.69 bits per heavy atom. The Bertz CT molecular complexity index is 1780. The van der Waals surface area contributed by atoms with Crippen LogP contribution in [0.25, 0.3) is 61.3 Å². The van der Waals surface area contributed by atoms with E-state index in [1.165, 1.54) is 21.5 Å². The summed E-state index contributed by atoms with van der Waals surface area (Å²) in [5.74, 6) is 1.92. The largest absolute Gasteiger partial charge is 0.277 e. The quantitative estimate of drug-likeness (QED) is 0.282. The van der Waals surface area contributed by atoms with Crippen LogP contribution in [0, 0.1) is 0 Å². The van der Waals surface area contributed by atoms with Crippen molar-refractivity contribution >= 4 is 32.6 Å². The SMILES string of the molecule is c1ccc(-c2nc(-c3ccccc3)nc(-n3c4ccccc4c4ccc5ccccc5c43)n2)cc1. The molecule has 4 heteroatoms. The Hall–Kier alpha value is -4.83. The van der Waals surface area contributed by atoms with Crippen molar-refractivity contribution in [3.05, 3.63) is 121 Å². The highest BCUT2D eigenvalue weighted by Crippen LogP contribution is 2.36.